The van der Waals surface area contributed by atoms with Crippen LogP contribution in [0.25, 0.3) is 0 Å². The van der Waals surface area contributed by atoms with Gasteiger partial charge in [0.1, 0.15) is 12.3 Å². The van der Waals surface area contributed by atoms with Crippen LogP contribution in [0.15, 0.2) is 30.3 Å². The second-order valence-corrected chi connectivity index (χ2v) is 14.5. The fraction of sp³-hybridized carbons (Fsp3) is 0.719. The summed E-state index contributed by atoms with van der Waals surface area (Å²) in [6.45, 7) is 9.90. The van der Waals surface area contributed by atoms with E-state index in [0.717, 1.165) is 19.3 Å². The predicted molar refractivity (Wildman–Crippen MR) is 160 cm³/mol. The van der Waals surface area contributed by atoms with Crippen molar-refractivity contribution < 1.29 is 28.6 Å². The first-order valence-electron chi connectivity index (χ1n) is 15.3. The summed E-state index contributed by atoms with van der Waals surface area (Å²) in [6.07, 6.45) is 9.48. The zero-order chi connectivity index (χ0) is 29.7. The van der Waals surface area contributed by atoms with Gasteiger partial charge in [0.05, 0.1) is 6.04 Å². The molecule has 1 aliphatic carbocycles. The van der Waals surface area contributed by atoms with Gasteiger partial charge in [-0.25, -0.2) is 0 Å². The van der Waals surface area contributed by atoms with Crippen LogP contribution >= 0.6 is 7.37 Å². The van der Waals surface area contributed by atoms with Crippen LogP contribution in [0, 0.1) is 17.8 Å². The van der Waals surface area contributed by atoms with Gasteiger partial charge in [-0.3, -0.25) is 18.9 Å². The highest BCUT2D eigenvalue weighted by molar-refractivity contribution is 7.58. The quantitative estimate of drug-likeness (QED) is 0.170. The smallest absolute Gasteiger partial charge is 0.305 e. The number of aryl methyl sites for hydroxylation is 1. The van der Waals surface area contributed by atoms with Crippen LogP contribution in [-0.4, -0.2) is 58.5 Å². The van der Waals surface area contributed by atoms with Crippen molar-refractivity contribution in [1.29, 1.82) is 0 Å². The molecule has 1 N–H and O–H groups in total. The zero-order valence-corrected chi connectivity index (χ0v) is 26.2. The van der Waals surface area contributed by atoms with Gasteiger partial charge in [0, 0.05) is 19.1 Å². The molecule has 1 aromatic carbocycles. The van der Waals surface area contributed by atoms with Crippen molar-refractivity contribution in [2.24, 2.45) is 17.8 Å². The number of amides is 1. The molecule has 4 atom stereocenters. The number of unbranched alkanes of at least 4 members (excludes halogenated alkanes) is 1. The maximum absolute atomic E-state index is 12.9. The van der Waals surface area contributed by atoms with Crippen molar-refractivity contribution in [3.63, 3.8) is 0 Å². The Morgan fingerprint density at radius 3 is 2.25 bits per heavy atom. The number of carbonyl (C=O) groups excluding carboxylic acids is 3. The van der Waals surface area contributed by atoms with E-state index < -0.39 is 13.4 Å². The Kier molecular flexibility index (Phi) is 14.6. The lowest BCUT2D eigenvalue weighted by Gasteiger charge is -2.27. The molecular formula is C32H52NO6P. The topological polar surface area (TPSA) is 101 Å². The number of carbonyl (C=O) groups is 3. The average molecular weight is 578 g/mol. The summed E-state index contributed by atoms with van der Waals surface area (Å²) in [5, 5.41) is 0. The third-order valence-corrected chi connectivity index (χ3v) is 10.2. The lowest BCUT2D eigenvalue weighted by atomic mass is 9.79. The highest BCUT2D eigenvalue weighted by atomic mass is 31.2. The molecule has 1 saturated heterocycles. The largest absolute Gasteiger partial charge is 0.462 e. The van der Waals surface area contributed by atoms with Gasteiger partial charge in [-0.2, -0.15) is 0 Å². The number of hydrogen-bond acceptors (Lipinski definition) is 5. The van der Waals surface area contributed by atoms with E-state index in [9.17, 15) is 23.8 Å². The summed E-state index contributed by atoms with van der Waals surface area (Å²) in [4.78, 5) is 47.8. The summed E-state index contributed by atoms with van der Waals surface area (Å²) in [6, 6.07) is 9.66. The van der Waals surface area contributed by atoms with Crippen LogP contribution in [0.5, 0.6) is 0 Å². The van der Waals surface area contributed by atoms with Crippen molar-refractivity contribution in [1.82, 2.24) is 4.90 Å². The van der Waals surface area contributed by atoms with Gasteiger partial charge < -0.3 is 14.5 Å². The van der Waals surface area contributed by atoms with Crippen molar-refractivity contribution in [2.45, 2.75) is 111 Å². The summed E-state index contributed by atoms with van der Waals surface area (Å²) < 4.78 is 17.7. The number of nitrogens with zero attached hydrogens (tertiary/aromatic N) is 1. The Labute approximate surface area is 241 Å². The lowest BCUT2D eigenvalue weighted by Crippen LogP contribution is -2.41. The molecule has 1 saturated carbocycles. The van der Waals surface area contributed by atoms with E-state index in [1.807, 2.05) is 39.0 Å². The SMILES string of the molecule is CC(=O)[C@@H]1C[C@@H](C2CCCCC2)CN1C(=O)CP(=O)(O)CCCCc1ccccc1.CCC(=O)O[C@H](C)C(C)C. The number of ketones is 1. The second kappa shape index (κ2) is 17.1. The van der Waals surface area contributed by atoms with Gasteiger partial charge in [0.25, 0.3) is 0 Å². The molecule has 1 amide bonds. The minimum absolute atomic E-state index is 0.00251. The Bertz CT molecular complexity index is 975. The summed E-state index contributed by atoms with van der Waals surface area (Å²) in [5.74, 6) is 0.917. The number of ether oxygens (including phenoxy) is 1. The molecule has 0 radical (unpaired) electrons. The second-order valence-electron chi connectivity index (χ2n) is 12.0. The minimum atomic E-state index is -3.53. The normalized spacial score (nSPS) is 21.7. The van der Waals surface area contributed by atoms with Crippen molar-refractivity contribution in [3.05, 3.63) is 35.9 Å². The molecule has 1 unspecified atom stereocenters. The van der Waals surface area contributed by atoms with E-state index in [4.69, 9.17) is 4.74 Å². The van der Waals surface area contributed by atoms with E-state index in [1.165, 1.54) is 44.6 Å². The molecule has 40 heavy (non-hydrogen) atoms. The molecule has 1 aliphatic heterocycles. The van der Waals surface area contributed by atoms with Gasteiger partial charge in [0.2, 0.25) is 13.3 Å². The van der Waals surface area contributed by atoms with E-state index in [2.05, 4.69) is 12.1 Å². The first kappa shape index (κ1) is 34.2. The maximum atomic E-state index is 12.9. The number of likely N-dealkylation sites (tertiary alicyclic amines) is 1. The fourth-order valence-corrected chi connectivity index (χ4v) is 7.10. The highest BCUT2D eigenvalue weighted by Gasteiger charge is 2.42. The first-order chi connectivity index (χ1) is 18.9. The monoisotopic (exact) mass is 577 g/mol. The molecular weight excluding hydrogens is 525 g/mol. The first-order valence-corrected chi connectivity index (χ1v) is 17.3. The van der Waals surface area contributed by atoms with Crippen LogP contribution in [0.4, 0.5) is 0 Å². The summed E-state index contributed by atoms with van der Waals surface area (Å²) in [7, 11) is -3.53. The zero-order valence-electron chi connectivity index (χ0n) is 25.3. The van der Waals surface area contributed by atoms with Crippen LogP contribution < -0.4 is 0 Å². The van der Waals surface area contributed by atoms with Crippen molar-refractivity contribution in [3.8, 4) is 0 Å². The molecule has 0 aromatic heterocycles. The van der Waals surface area contributed by atoms with Gasteiger partial charge in [-0.05, 0) is 62.8 Å². The molecule has 1 heterocycles. The molecule has 0 bridgehead atoms. The maximum Gasteiger partial charge on any atom is 0.305 e. The molecule has 226 valence electrons. The van der Waals surface area contributed by atoms with Crippen molar-refractivity contribution in [2.75, 3.05) is 18.9 Å². The molecule has 2 aliphatic rings. The van der Waals surface area contributed by atoms with E-state index in [1.54, 1.807) is 11.8 Å². The van der Waals surface area contributed by atoms with E-state index in [0.29, 0.717) is 37.1 Å². The van der Waals surface area contributed by atoms with Gasteiger partial charge in [-0.1, -0.05) is 83.2 Å². The van der Waals surface area contributed by atoms with E-state index >= 15 is 0 Å². The predicted octanol–water partition coefficient (Wildman–Crippen LogP) is 6.65. The van der Waals surface area contributed by atoms with Crippen LogP contribution in [0.3, 0.4) is 0 Å². The van der Waals surface area contributed by atoms with Gasteiger partial charge in [-0.15, -0.1) is 0 Å². The standard InChI is InChI=1S/C24H36NO4P.C8H16O2/c1-19(26)23-16-22(21-13-6-3-7-14-21)17-25(23)24(27)18-30(28,29)15-9-8-12-20-10-4-2-5-11-20;1-5-8(9)10-7(4)6(2)3/h2,4-5,10-11,21-23H,3,6-9,12-18H2,1H3,(H,28,29);6-7H,5H2,1-4H3/t22-,23+;7-/m11/s1. The molecule has 1 aromatic rings. The average Bonchev–Trinajstić information content (AvgIpc) is 3.39. The van der Waals surface area contributed by atoms with Crippen LogP contribution in [0.1, 0.15) is 98.0 Å². The van der Waals surface area contributed by atoms with Gasteiger partial charge >= 0.3 is 5.97 Å². The molecule has 2 fully saturated rings. The number of Topliss-reactive ketones (excluding diaryl/α,β-unsaturated/α-hetero) is 1. The van der Waals surface area contributed by atoms with Gasteiger partial charge in [0.15, 0.2) is 5.78 Å². The molecule has 3 rings (SSSR count). The highest BCUT2D eigenvalue weighted by Crippen LogP contribution is 2.43. The third kappa shape index (κ3) is 11.9. The molecule has 0 spiro atoms. The fourth-order valence-electron chi connectivity index (χ4n) is 5.62. The third-order valence-electron chi connectivity index (χ3n) is 8.43. The summed E-state index contributed by atoms with van der Waals surface area (Å²) >= 11 is 0. The Hall–Kier alpha value is -1.98. The molecule has 8 heteroatoms. The minimum Gasteiger partial charge on any atom is -0.462 e. The van der Waals surface area contributed by atoms with Crippen LogP contribution in [-0.2, 0) is 30.1 Å². The summed E-state index contributed by atoms with van der Waals surface area (Å²) in [5.41, 5.74) is 1.22. The Morgan fingerprint density at radius 2 is 1.68 bits per heavy atom. The number of hydrogen-bond donors (Lipinski definition) is 1. The number of esters is 1. The molecule has 7 nitrogen and oxygen atoms in total. The van der Waals surface area contributed by atoms with Crippen molar-refractivity contribution >= 4 is 25.0 Å². The van der Waals surface area contributed by atoms with E-state index in [-0.39, 0.29) is 36.1 Å². The lowest BCUT2D eigenvalue weighted by molar-refractivity contribution is -0.149. The Morgan fingerprint density at radius 1 is 1.02 bits per heavy atom. The van der Waals surface area contributed by atoms with Crippen LogP contribution in [0.2, 0.25) is 0 Å². The Balaban J connectivity index is 0.000000478. The number of rotatable bonds is 12. The number of benzene rings is 1.